The van der Waals surface area contributed by atoms with Crippen LogP contribution in [-0.2, 0) is 0 Å². The molecule has 10 heavy (non-hydrogen) atoms. The molecule has 0 fully saturated rings. The van der Waals surface area contributed by atoms with E-state index in [1.165, 1.54) is 12.4 Å². The summed E-state index contributed by atoms with van der Waals surface area (Å²) in [7, 11) is 2.29. The topological polar surface area (TPSA) is 63.1 Å². The van der Waals surface area contributed by atoms with E-state index in [4.69, 9.17) is 5.11 Å². The molecule has 0 aliphatic rings. The van der Waals surface area contributed by atoms with Crippen LogP contribution in [0.15, 0.2) is 12.4 Å². The van der Waals surface area contributed by atoms with Crippen LogP contribution in [0.5, 0.6) is 0 Å². The normalized spacial score (nSPS) is 9.30. The van der Waals surface area contributed by atoms with Gasteiger partial charge in [0.2, 0.25) is 0 Å². The molecule has 0 saturated carbocycles. The van der Waals surface area contributed by atoms with E-state index in [0.29, 0.717) is 5.44 Å². The lowest BCUT2D eigenvalue weighted by Crippen LogP contribution is -2.06. The highest BCUT2D eigenvalue weighted by atomic mass is 31.0. The van der Waals surface area contributed by atoms with E-state index < -0.39 is 5.97 Å². The first-order valence-electron chi connectivity index (χ1n) is 2.51. The van der Waals surface area contributed by atoms with Gasteiger partial charge >= 0.3 is 5.97 Å². The first-order valence-corrected chi connectivity index (χ1v) is 3.08. The van der Waals surface area contributed by atoms with Gasteiger partial charge in [0.25, 0.3) is 0 Å². The van der Waals surface area contributed by atoms with Gasteiger partial charge in [0.15, 0.2) is 5.69 Å². The summed E-state index contributed by atoms with van der Waals surface area (Å²) in [5.41, 5.74) is 0.590. The van der Waals surface area contributed by atoms with Crippen LogP contribution in [0.25, 0.3) is 0 Å². The van der Waals surface area contributed by atoms with Crippen LogP contribution in [0.1, 0.15) is 10.5 Å². The SMILES string of the molecule is O=C(O)c1cc(P)ncn1. The lowest BCUT2D eigenvalue weighted by atomic mass is 10.4. The monoisotopic (exact) mass is 156 g/mol. The van der Waals surface area contributed by atoms with Crippen molar-refractivity contribution >= 4 is 20.6 Å². The first kappa shape index (κ1) is 7.09. The number of hydrogen-bond acceptors (Lipinski definition) is 3. The van der Waals surface area contributed by atoms with E-state index in [1.807, 2.05) is 0 Å². The van der Waals surface area contributed by atoms with Gasteiger partial charge in [0.05, 0.1) is 5.44 Å². The Morgan fingerprint density at radius 3 is 2.70 bits per heavy atom. The zero-order valence-corrected chi connectivity index (χ0v) is 6.14. The van der Waals surface area contributed by atoms with E-state index in [0.717, 1.165) is 0 Å². The number of aromatic nitrogens is 2. The third kappa shape index (κ3) is 1.48. The minimum absolute atomic E-state index is 0.0139. The Morgan fingerprint density at radius 1 is 1.60 bits per heavy atom. The van der Waals surface area contributed by atoms with Crippen LogP contribution in [-0.4, -0.2) is 21.0 Å². The Hall–Kier alpha value is -1.02. The zero-order valence-electron chi connectivity index (χ0n) is 4.98. The molecule has 1 atom stereocenters. The van der Waals surface area contributed by atoms with Gasteiger partial charge in [0.1, 0.15) is 6.33 Å². The number of hydrogen-bond donors (Lipinski definition) is 1. The van der Waals surface area contributed by atoms with Crippen molar-refractivity contribution in [3.05, 3.63) is 18.1 Å². The second-order valence-corrected chi connectivity index (χ2v) is 2.22. The van der Waals surface area contributed by atoms with Gasteiger partial charge in [0, 0.05) is 0 Å². The van der Waals surface area contributed by atoms with Crippen molar-refractivity contribution in [3.8, 4) is 0 Å². The fourth-order valence-electron chi connectivity index (χ4n) is 0.489. The highest BCUT2D eigenvalue weighted by Crippen LogP contribution is 1.90. The van der Waals surface area contributed by atoms with Crippen LogP contribution in [0.2, 0.25) is 0 Å². The number of carboxylic acid groups (broad SMARTS) is 1. The van der Waals surface area contributed by atoms with Gasteiger partial charge in [-0.2, -0.15) is 0 Å². The molecule has 4 nitrogen and oxygen atoms in total. The number of carbonyl (C=O) groups is 1. The van der Waals surface area contributed by atoms with Crippen molar-refractivity contribution in [1.82, 2.24) is 9.97 Å². The van der Waals surface area contributed by atoms with Crippen LogP contribution in [0.3, 0.4) is 0 Å². The van der Waals surface area contributed by atoms with Crippen molar-refractivity contribution in [1.29, 1.82) is 0 Å². The van der Waals surface area contributed by atoms with Crippen molar-refractivity contribution < 1.29 is 9.90 Å². The molecule has 1 aromatic rings. The molecule has 0 bridgehead atoms. The van der Waals surface area contributed by atoms with E-state index >= 15 is 0 Å². The first-order chi connectivity index (χ1) is 4.70. The van der Waals surface area contributed by atoms with Gasteiger partial charge in [-0.05, 0) is 6.07 Å². The quantitative estimate of drug-likeness (QED) is 0.565. The Bertz CT molecular complexity index is 264. The Labute approximate surface area is 59.5 Å². The second-order valence-electron chi connectivity index (χ2n) is 1.63. The van der Waals surface area contributed by atoms with E-state index in [1.54, 1.807) is 0 Å². The van der Waals surface area contributed by atoms with Gasteiger partial charge < -0.3 is 5.11 Å². The lowest BCUT2D eigenvalue weighted by Gasteiger charge is -1.91. The van der Waals surface area contributed by atoms with Gasteiger partial charge in [-0.1, -0.05) is 9.24 Å². The third-order valence-electron chi connectivity index (χ3n) is 0.907. The van der Waals surface area contributed by atoms with Crippen LogP contribution in [0, 0.1) is 0 Å². The highest BCUT2D eigenvalue weighted by Gasteiger charge is 2.02. The molecule has 1 unspecified atom stereocenters. The van der Waals surface area contributed by atoms with E-state index in [9.17, 15) is 4.79 Å². The van der Waals surface area contributed by atoms with E-state index in [2.05, 4.69) is 19.2 Å². The Morgan fingerprint density at radius 2 is 2.30 bits per heavy atom. The number of aromatic carboxylic acids is 1. The smallest absolute Gasteiger partial charge is 0.354 e. The van der Waals surface area contributed by atoms with Gasteiger partial charge in [-0.25, -0.2) is 14.8 Å². The minimum atomic E-state index is -1.04. The number of carboxylic acids is 1. The molecule has 5 heteroatoms. The van der Waals surface area contributed by atoms with Crippen LogP contribution >= 0.6 is 9.24 Å². The fraction of sp³-hybridized carbons (Fsp3) is 0. The summed E-state index contributed by atoms with van der Waals surface area (Å²) in [6, 6.07) is 1.38. The lowest BCUT2D eigenvalue weighted by molar-refractivity contribution is 0.0690. The van der Waals surface area contributed by atoms with Crippen molar-refractivity contribution in [3.63, 3.8) is 0 Å². The molecule has 1 aromatic heterocycles. The van der Waals surface area contributed by atoms with Crippen LogP contribution in [0.4, 0.5) is 0 Å². The molecular weight excluding hydrogens is 151 g/mol. The average molecular weight is 156 g/mol. The maximum atomic E-state index is 10.3. The zero-order chi connectivity index (χ0) is 7.56. The largest absolute Gasteiger partial charge is 0.477 e. The molecule has 0 spiro atoms. The molecule has 1 N–H and O–H groups in total. The van der Waals surface area contributed by atoms with Gasteiger partial charge in [-0.3, -0.25) is 0 Å². The maximum absolute atomic E-state index is 10.3. The summed E-state index contributed by atoms with van der Waals surface area (Å²) >= 11 is 0. The summed E-state index contributed by atoms with van der Waals surface area (Å²) in [4.78, 5) is 17.5. The molecule has 0 aromatic carbocycles. The molecule has 0 radical (unpaired) electrons. The summed E-state index contributed by atoms with van der Waals surface area (Å²) in [5.74, 6) is -1.04. The Kier molecular flexibility index (Phi) is 1.92. The fourth-order valence-corrected chi connectivity index (χ4v) is 0.714. The molecule has 0 aliphatic carbocycles. The second kappa shape index (κ2) is 2.71. The summed E-state index contributed by atoms with van der Waals surface area (Å²) in [6.07, 6.45) is 1.21. The number of rotatable bonds is 1. The maximum Gasteiger partial charge on any atom is 0.354 e. The van der Waals surface area contributed by atoms with Crippen molar-refractivity contribution in [2.24, 2.45) is 0 Å². The third-order valence-corrected chi connectivity index (χ3v) is 1.22. The van der Waals surface area contributed by atoms with Crippen molar-refractivity contribution in [2.75, 3.05) is 0 Å². The highest BCUT2D eigenvalue weighted by molar-refractivity contribution is 7.26. The molecule has 0 aliphatic heterocycles. The minimum Gasteiger partial charge on any atom is -0.477 e. The van der Waals surface area contributed by atoms with Crippen molar-refractivity contribution in [2.45, 2.75) is 0 Å². The number of nitrogens with zero attached hydrogens (tertiary/aromatic N) is 2. The molecule has 52 valence electrons. The molecule has 0 saturated heterocycles. The average Bonchev–Trinajstić information content (AvgIpc) is 1.88. The summed E-state index contributed by atoms with van der Waals surface area (Å²) in [6.45, 7) is 0. The predicted molar refractivity (Wildman–Crippen MR) is 38.3 cm³/mol. The molecule has 0 amide bonds. The van der Waals surface area contributed by atoms with Gasteiger partial charge in [-0.15, -0.1) is 0 Å². The summed E-state index contributed by atoms with van der Waals surface area (Å²) < 4.78 is 0. The molecule has 1 rings (SSSR count). The summed E-state index contributed by atoms with van der Waals surface area (Å²) in [5, 5.41) is 8.41. The van der Waals surface area contributed by atoms with Crippen LogP contribution < -0.4 is 5.44 Å². The standard InChI is InChI=1S/C5H5N2O2P/c8-5(9)3-1-4(10)7-2-6-3/h1-2H,10H2,(H,8,9). The predicted octanol–water partition coefficient (Wildman–Crippen LogP) is -0.325. The molecule has 1 heterocycles. The molecular formula is C5H5N2O2P. The Balaban J connectivity index is 3.07. The van der Waals surface area contributed by atoms with E-state index in [-0.39, 0.29) is 5.69 Å².